The van der Waals surface area contributed by atoms with Gasteiger partial charge in [0.05, 0.1) is 12.8 Å². The van der Waals surface area contributed by atoms with Gasteiger partial charge in [0, 0.05) is 18.7 Å². The molecule has 29 heavy (non-hydrogen) atoms. The van der Waals surface area contributed by atoms with Gasteiger partial charge < -0.3 is 10.5 Å². The molecule has 4 rings (SSSR count). The Kier molecular flexibility index (Phi) is 4.34. The van der Waals surface area contributed by atoms with Crippen molar-refractivity contribution in [1.82, 2.24) is 19.1 Å². The molecule has 0 radical (unpaired) electrons. The van der Waals surface area contributed by atoms with E-state index >= 15 is 0 Å². The van der Waals surface area contributed by atoms with Crippen LogP contribution in [0.3, 0.4) is 0 Å². The van der Waals surface area contributed by atoms with Gasteiger partial charge in [0.2, 0.25) is 0 Å². The highest BCUT2D eigenvalue weighted by molar-refractivity contribution is 6.02. The lowest BCUT2D eigenvalue weighted by atomic mass is 10.2. The van der Waals surface area contributed by atoms with Crippen molar-refractivity contribution in [2.24, 2.45) is 12.8 Å². The first-order chi connectivity index (χ1) is 13.9. The summed E-state index contributed by atoms with van der Waals surface area (Å²) in [6.07, 6.45) is 0. The van der Waals surface area contributed by atoms with Crippen LogP contribution in [0.25, 0.3) is 28.2 Å². The lowest BCUT2D eigenvalue weighted by molar-refractivity contribution is 0.0997. The standard InChI is InChI=1S/C20H16FN5O3/c1-25-16-15(17(22)27)23-18(11-5-3-6-12(21)9-11)24-19(16)26(20(25)28)13-7-4-8-14(10-13)29-2/h3-10H,1-2H3,(H2,22,27). The van der Waals surface area contributed by atoms with Crippen LogP contribution in [0.2, 0.25) is 0 Å². The molecule has 0 unspecified atom stereocenters. The summed E-state index contributed by atoms with van der Waals surface area (Å²) in [5.41, 5.74) is 6.14. The number of imidazole rings is 1. The number of ether oxygens (including phenoxy) is 1. The number of fused-ring (bicyclic) bond motifs is 1. The topological polar surface area (TPSA) is 105 Å². The van der Waals surface area contributed by atoms with Crippen molar-refractivity contribution in [1.29, 1.82) is 0 Å². The first-order valence-electron chi connectivity index (χ1n) is 8.60. The van der Waals surface area contributed by atoms with Gasteiger partial charge in [-0.25, -0.2) is 23.7 Å². The third kappa shape index (κ3) is 3.02. The predicted octanol–water partition coefficient (Wildman–Crippen LogP) is 2.03. The maximum absolute atomic E-state index is 13.7. The number of aryl methyl sites for hydroxylation is 1. The summed E-state index contributed by atoms with van der Waals surface area (Å²) < 4.78 is 21.5. The smallest absolute Gasteiger partial charge is 0.334 e. The van der Waals surface area contributed by atoms with E-state index in [0.29, 0.717) is 17.0 Å². The SMILES string of the molecule is COc1cccc(-n2c(=O)n(C)c3c(C(N)=O)nc(-c4cccc(F)c4)nc32)c1. The minimum atomic E-state index is -0.826. The van der Waals surface area contributed by atoms with Crippen LogP contribution < -0.4 is 16.2 Å². The highest BCUT2D eigenvalue weighted by Crippen LogP contribution is 2.24. The van der Waals surface area contributed by atoms with Gasteiger partial charge in [0.25, 0.3) is 5.91 Å². The van der Waals surface area contributed by atoms with Crippen LogP contribution >= 0.6 is 0 Å². The lowest BCUT2D eigenvalue weighted by Gasteiger charge is -2.08. The van der Waals surface area contributed by atoms with Gasteiger partial charge in [-0.3, -0.25) is 9.36 Å². The van der Waals surface area contributed by atoms with Crippen LogP contribution in [0, 0.1) is 5.82 Å². The summed E-state index contributed by atoms with van der Waals surface area (Å²) in [4.78, 5) is 33.7. The molecule has 0 spiro atoms. The van der Waals surface area contributed by atoms with Crippen LogP contribution in [0.5, 0.6) is 5.75 Å². The quantitative estimate of drug-likeness (QED) is 0.571. The molecule has 0 aliphatic heterocycles. The van der Waals surface area contributed by atoms with Crippen LogP contribution in [0.15, 0.2) is 53.3 Å². The molecule has 0 fully saturated rings. The maximum atomic E-state index is 13.7. The summed E-state index contributed by atoms with van der Waals surface area (Å²) in [6.45, 7) is 0. The number of primary amides is 1. The average molecular weight is 393 g/mol. The van der Waals surface area contributed by atoms with Crippen LogP contribution in [0.4, 0.5) is 4.39 Å². The lowest BCUT2D eigenvalue weighted by Crippen LogP contribution is -2.21. The van der Waals surface area contributed by atoms with E-state index in [-0.39, 0.29) is 22.7 Å². The number of nitrogens with zero attached hydrogens (tertiary/aromatic N) is 4. The number of hydrogen-bond acceptors (Lipinski definition) is 5. The molecule has 0 aliphatic carbocycles. The van der Waals surface area contributed by atoms with Gasteiger partial charge in [-0.1, -0.05) is 18.2 Å². The number of rotatable bonds is 4. The Morgan fingerprint density at radius 3 is 2.59 bits per heavy atom. The highest BCUT2D eigenvalue weighted by atomic mass is 19.1. The van der Waals surface area contributed by atoms with Crippen molar-refractivity contribution in [2.75, 3.05) is 7.11 Å². The van der Waals surface area contributed by atoms with Crippen LogP contribution in [-0.2, 0) is 7.05 Å². The van der Waals surface area contributed by atoms with Crippen molar-refractivity contribution < 1.29 is 13.9 Å². The maximum Gasteiger partial charge on any atom is 0.334 e. The summed E-state index contributed by atoms with van der Waals surface area (Å²) in [5, 5.41) is 0. The van der Waals surface area contributed by atoms with Gasteiger partial charge in [-0.2, -0.15) is 0 Å². The second-order valence-corrected chi connectivity index (χ2v) is 6.32. The van der Waals surface area contributed by atoms with Gasteiger partial charge in [0.1, 0.15) is 17.1 Å². The number of benzene rings is 2. The van der Waals surface area contributed by atoms with E-state index in [9.17, 15) is 14.0 Å². The van der Waals surface area contributed by atoms with Crippen LogP contribution in [0.1, 0.15) is 10.5 Å². The van der Waals surface area contributed by atoms with Crippen molar-refractivity contribution in [3.05, 3.63) is 70.5 Å². The average Bonchev–Trinajstić information content (AvgIpc) is 2.97. The molecule has 9 heteroatoms. The Morgan fingerprint density at radius 2 is 1.90 bits per heavy atom. The summed E-state index contributed by atoms with van der Waals surface area (Å²) in [6, 6.07) is 12.5. The summed E-state index contributed by atoms with van der Waals surface area (Å²) in [7, 11) is 3.01. The Balaban J connectivity index is 2.11. The number of carbonyl (C=O) groups is 1. The fourth-order valence-corrected chi connectivity index (χ4v) is 3.15. The predicted molar refractivity (Wildman–Crippen MR) is 105 cm³/mol. The number of hydrogen-bond donors (Lipinski definition) is 1. The largest absolute Gasteiger partial charge is 0.497 e. The van der Waals surface area contributed by atoms with E-state index < -0.39 is 17.4 Å². The summed E-state index contributed by atoms with van der Waals surface area (Å²) >= 11 is 0. The second-order valence-electron chi connectivity index (χ2n) is 6.32. The van der Waals surface area contributed by atoms with Crippen molar-refractivity contribution in [3.63, 3.8) is 0 Å². The van der Waals surface area contributed by atoms with Gasteiger partial charge in [-0.15, -0.1) is 0 Å². The number of methoxy groups -OCH3 is 1. The molecule has 0 saturated heterocycles. The number of carbonyl (C=O) groups excluding carboxylic acids is 1. The minimum Gasteiger partial charge on any atom is -0.497 e. The zero-order chi connectivity index (χ0) is 20.7. The van der Waals surface area contributed by atoms with E-state index in [1.54, 1.807) is 30.3 Å². The normalized spacial score (nSPS) is 11.0. The van der Waals surface area contributed by atoms with E-state index in [4.69, 9.17) is 10.5 Å². The zero-order valence-corrected chi connectivity index (χ0v) is 15.6. The Hall–Kier alpha value is -4.01. The van der Waals surface area contributed by atoms with Crippen molar-refractivity contribution in [3.8, 4) is 22.8 Å². The molecule has 8 nitrogen and oxygen atoms in total. The molecular formula is C20H16FN5O3. The molecular weight excluding hydrogens is 377 g/mol. The Bertz CT molecular complexity index is 1330. The van der Waals surface area contributed by atoms with Gasteiger partial charge in [-0.05, 0) is 24.3 Å². The Morgan fingerprint density at radius 1 is 1.14 bits per heavy atom. The molecule has 2 aromatic heterocycles. The first kappa shape index (κ1) is 18.4. The minimum absolute atomic E-state index is 0.0769. The van der Waals surface area contributed by atoms with Gasteiger partial charge in [0.15, 0.2) is 17.2 Å². The third-order valence-electron chi connectivity index (χ3n) is 4.52. The fourth-order valence-electron chi connectivity index (χ4n) is 3.15. The molecule has 0 saturated carbocycles. The zero-order valence-electron chi connectivity index (χ0n) is 15.6. The molecule has 1 amide bonds. The molecule has 2 N–H and O–H groups in total. The first-order valence-corrected chi connectivity index (χ1v) is 8.60. The molecule has 0 aliphatic rings. The van der Waals surface area contributed by atoms with Crippen molar-refractivity contribution >= 4 is 17.1 Å². The molecule has 2 aromatic carbocycles. The summed E-state index contributed by atoms with van der Waals surface area (Å²) in [5.74, 6) is -0.688. The molecule has 0 atom stereocenters. The van der Waals surface area contributed by atoms with E-state index in [0.717, 1.165) is 0 Å². The second kappa shape index (κ2) is 6.86. The van der Waals surface area contributed by atoms with Crippen LogP contribution in [-0.4, -0.2) is 32.1 Å². The fraction of sp³-hybridized carbons (Fsp3) is 0.100. The number of aromatic nitrogens is 4. The van der Waals surface area contributed by atoms with E-state index in [1.807, 2.05) is 0 Å². The van der Waals surface area contributed by atoms with E-state index in [2.05, 4.69) is 9.97 Å². The highest BCUT2D eigenvalue weighted by Gasteiger charge is 2.23. The van der Waals surface area contributed by atoms with Crippen molar-refractivity contribution in [2.45, 2.75) is 0 Å². The van der Waals surface area contributed by atoms with E-state index in [1.165, 1.54) is 41.5 Å². The van der Waals surface area contributed by atoms with Gasteiger partial charge >= 0.3 is 5.69 Å². The number of halogens is 1. The molecule has 4 aromatic rings. The molecule has 146 valence electrons. The Labute approximate surface area is 164 Å². The number of amides is 1. The molecule has 2 heterocycles. The third-order valence-corrected chi connectivity index (χ3v) is 4.52. The molecule has 0 bridgehead atoms. The number of nitrogens with two attached hydrogens (primary N) is 1. The monoisotopic (exact) mass is 393 g/mol.